The third-order valence-electron chi connectivity index (χ3n) is 3.31. The molecule has 0 bridgehead atoms. The monoisotopic (exact) mass is 330 g/mol. The Bertz CT molecular complexity index is 641. The highest BCUT2D eigenvalue weighted by Gasteiger charge is 2.30. The largest absolute Gasteiger partial charge is 0.468 e. The maximum absolute atomic E-state index is 12.3. The highest BCUT2D eigenvalue weighted by atomic mass is 32.2. The zero-order valence-corrected chi connectivity index (χ0v) is 13.3. The number of hydrogen-bond acceptors (Lipinski definition) is 6. The second kappa shape index (κ2) is 7.32. The van der Waals surface area contributed by atoms with E-state index in [1.165, 1.54) is 7.11 Å². The molecule has 0 fully saturated rings. The molecule has 0 heterocycles. The van der Waals surface area contributed by atoms with Gasteiger partial charge in [-0.1, -0.05) is 20.3 Å². The van der Waals surface area contributed by atoms with Crippen LogP contribution in [0.5, 0.6) is 0 Å². The number of carbonyl (C=O) groups excluding carboxylic acids is 1. The lowest BCUT2D eigenvalue weighted by atomic mass is 10.0. The van der Waals surface area contributed by atoms with E-state index in [-0.39, 0.29) is 16.5 Å². The van der Waals surface area contributed by atoms with Crippen LogP contribution in [0, 0.1) is 16.0 Å². The van der Waals surface area contributed by atoms with Gasteiger partial charge in [-0.15, -0.1) is 0 Å². The Morgan fingerprint density at radius 1 is 1.36 bits per heavy atom. The molecule has 0 radical (unpaired) electrons. The highest BCUT2D eigenvalue weighted by molar-refractivity contribution is 7.89. The van der Waals surface area contributed by atoms with Gasteiger partial charge in [0.05, 0.1) is 16.9 Å². The number of non-ortho nitro benzene ring substituents is 1. The molecule has 0 saturated heterocycles. The first-order valence-electron chi connectivity index (χ1n) is 6.57. The first kappa shape index (κ1) is 18.1. The van der Waals surface area contributed by atoms with Crippen LogP contribution in [0.25, 0.3) is 0 Å². The molecule has 122 valence electrons. The summed E-state index contributed by atoms with van der Waals surface area (Å²) in [5.41, 5.74) is -0.217. The number of sulfonamides is 1. The number of hydrogen-bond donors (Lipinski definition) is 1. The van der Waals surface area contributed by atoms with Gasteiger partial charge in [0.25, 0.3) is 5.69 Å². The zero-order valence-electron chi connectivity index (χ0n) is 12.5. The van der Waals surface area contributed by atoms with Crippen LogP contribution in [0.3, 0.4) is 0 Å². The second-order valence-corrected chi connectivity index (χ2v) is 6.47. The van der Waals surface area contributed by atoms with Gasteiger partial charge in [0.1, 0.15) is 6.04 Å². The first-order valence-corrected chi connectivity index (χ1v) is 8.05. The molecule has 0 aliphatic rings. The number of rotatable bonds is 7. The number of nitrogens with one attached hydrogen (secondary N) is 1. The molecule has 0 aliphatic heterocycles. The van der Waals surface area contributed by atoms with Crippen LogP contribution in [0.15, 0.2) is 29.2 Å². The maximum Gasteiger partial charge on any atom is 0.324 e. The number of nitrogens with zero attached hydrogens (tertiary/aromatic N) is 1. The van der Waals surface area contributed by atoms with E-state index in [1.54, 1.807) is 6.92 Å². The average molecular weight is 330 g/mol. The fraction of sp³-hybridized carbons (Fsp3) is 0.462. The van der Waals surface area contributed by atoms with Crippen molar-refractivity contribution in [2.45, 2.75) is 31.2 Å². The van der Waals surface area contributed by atoms with E-state index in [0.29, 0.717) is 6.42 Å². The summed E-state index contributed by atoms with van der Waals surface area (Å²) in [5, 5.41) is 10.6. The normalized spacial score (nSPS) is 14.1. The van der Waals surface area contributed by atoms with Crippen molar-refractivity contribution in [3.05, 3.63) is 34.4 Å². The van der Waals surface area contributed by atoms with Gasteiger partial charge < -0.3 is 4.74 Å². The quantitative estimate of drug-likeness (QED) is 0.460. The van der Waals surface area contributed by atoms with Gasteiger partial charge >= 0.3 is 5.97 Å². The Hall–Kier alpha value is -2.00. The lowest BCUT2D eigenvalue weighted by molar-refractivity contribution is -0.384. The van der Waals surface area contributed by atoms with Gasteiger partial charge in [-0.05, 0) is 18.1 Å². The third-order valence-corrected chi connectivity index (χ3v) is 4.77. The van der Waals surface area contributed by atoms with Crippen LogP contribution in [-0.2, 0) is 19.6 Å². The molecule has 1 aromatic carbocycles. The fourth-order valence-corrected chi connectivity index (χ4v) is 3.03. The molecule has 9 heteroatoms. The van der Waals surface area contributed by atoms with Crippen LogP contribution in [0.2, 0.25) is 0 Å². The van der Waals surface area contributed by atoms with Gasteiger partial charge in [-0.25, -0.2) is 8.42 Å². The summed E-state index contributed by atoms with van der Waals surface area (Å²) in [5.74, 6) is -0.944. The van der Waals surface area contributed by atoms with Crippen LogP contribution >= 0.6 is 0 Å². The predicted molar refractivity (Wildman–Crippen MR) is 78.7 cm³/mol. The third kappa shape index (κ3) is 4.25. The number of carbonyl (C=O) groups is 1. The summed E-state index contributed by atoms with van der Waals surface area (Å²) in [7, 11) is -2.81. The topological polar surface area (TPSA) is 116 Å². The van der Waals surface area contributed by atoms with Crippen molar-refractivity contribution < 1.29 is 22.9 Å². The van der Waals surface area contributed by atoms with Crippen molar-refractivity contribution in [3.8, 4) is 0 Å². The molecule has 0 aliphatic carbocycles. The standard InChI is InChI=1S/C13H18N2O6S/c1-4-9(2)12(13(16)21-3)14-22(19,20)11-7-5-10(6-8-11)15(17)18/h5-9,12,14H,4H2,1-3H3/t9-,12+/m0/s1. The minimum atomic E-state index is -3.99. The van der Waals surface area contributed by atoms with Crippen molar-refractivity contribution >= 4 is 21.7 Å². The number of nitro benzene ring substituents is 1. The lowest BCUT2D eigenvalue weighted by Crippen LogP contribution is -2.45. The molecule has 2 atom stereocenters. The summed E-state index contributed by atoms with van der Waals surface area (Å²) in [6.45, 7) is 3.54. The Kier molecular flexibility index (Phi) is 6.01. The zero-order chi connectivity index (χ0) is 16.9. The van der Waals surface area contributed by atoms with E-state index in [9.17, 15) is 23.3 Å². The van der Waals surface area contributed by atoms with E-state index < -0.39 is 27.0 Å². The predicted octanol–water partition coefficient (Wildman–Crippen LogP) is 1.46. The van der Waals surface area contributed by atoms with E-state index in [0.717, 1.165) is 24.3 Å². The number of ether oxygens (including phenoxy) is 1. The van der Waals surface area contributed by atoms with Crippen molar-refractivity contribution in [3.63, 3.8) is 0 Å². The summed E-state index contributed by atoms with van der Waals surface area (Å²) < 4.78 is 31.5. The summed E-state index contributed by atoms with van der Waals surface area (Å²) in [6, 6.07) is 3.39. The lowest BCUT2D eigenvalue weighted by Gasteiger charge is -2.21. The molecule has 8 nitrogen and oxygen atoms in total. The minimum absolute atomic E-state index is 0.157. The molecule has 22 heavy (non-hydrogen) atoms. The van der Waals surface area contributed by atoms with Gasteiger partial charge in [0.15, 0.2) is 0 Å². The number of methoxy groups -OCH3 is 1. The van der Waals surface area contributed by atoms with Crippen LogP contribution in [0.1, 0.15) is 20.3 Å². The molecule has 0 amide bonds. The molecule has 0 spiro atoms. The SMILES string of the molecule is CC[C@H](C)[C@@H](NS(=O)(=O)c1ccc([N+](=O)[O-])cc1)C(=O)OC. The number of esters is 1. The maximum atomic E-state index is 12.3. The Labute approximate surface area is 128 Å². The smallest absolute Gasteiger partial charge is 0.324 e. The van der Waals surface area contributed by atoms with Gasteiger partial charge in [0, 0.05) is 12.1 Å². The molecular formula is C13H18N2O6S. The van der Waals surface area contributed by atoms with E-state index >= 15 is 0 Å². The molecule has 1 rings (SSSR count). The average Bonchev–Trinajstić information content (AvgIpc) is 2.51. The number of benzene rings is 1. The Morgan fingerprint density at radius 3 is 2.32 bits per heavy atom. The van der Waals surface area contributed by atoms with E-state index in [4.69, 9.17) is 0 Å². The van der Waals surface area contributed by atoms with Gasteiger partial charge in [0.2, 0.25) is 10.0 Å². The van der Waals surface area contributed by atoms with E-state index in [2.05, 4.69) is 9.46 Å². The van der Waals surface area contributed by atoms with Gasteiger partial charge in [-0.2, -0.15) is 4.72 Å². The van der Waals surface area contributed by atoms with Crippen LogP contribution < -0.4 is 4.72 Å². The Morgan fingerprint density at radius 2 is 1.91 bits per heavy atom. The molecular weight excluding hydrogens is 312 g/mol. The van der Waals surface area contributed by atoms with Crippen molar-refractivity contribution in [1.82, 2.24) is 4.72 Å². The molecule has 0 unspecified atom stereocenters. The first-order chi connectivity index (χ1) is 10.2. The van der Waals surface area contributed by atoms with E-state index in [1.807, 2.05) is 6.92 Å². The molecule has 0 aromatic heterocycles. The van der Waals surface area contributed by atoms with Gasteiger partial charge in [-0.3, -0.25) is 14.9 Å². The fourth-order valence-electron chi connectivity index (χ4n) is 1.74. The molecule has 1 N–H and O–H groups in total. The van der Waals surface area contributed by atoms with Crippen LogP contribution in [0.4, 0.5) is 5.69 Å². The summed E-state index contributed by atoms with van der Waals surface area (Å²) >= 11 is 0. The second-order valence-electron chi connectivity index (χ2n) is 4.76. The summed E-state index contributed by atoms with van der Waals surface area (Å²) in [6.07, 6.45) is 0.572. The Balaban J connectivity index is 3.06. The molecule has 1 aromatic rings. The minimum Gasteiger partial charge on any atom is -0.468 e. The summed E-state index contributed by atoms with van der Waals surface area (Å²) in [4.78, 5) is 21.5. The highest BCUT2D eigenvalue weighted by Crippen LogP contribution is 2.18. The van der Waals surface area contributed by atoms with Crippen molar-refractivity contribution in [2.24, 2.45) is 5.92 Å². The van der Waals surface area contributed by atoms with Crippen molar-refractivity contribution in [2.75, 3.05) is 7.11 Å². The van der Waals surface area contributed by atoms with Crippen LogP contribution in [-0.4, -0.2) is 32.5 Å². The van der Waals surface area contributed by atoms with Crippen molar-refractivity contribution in [1.29, 1.82) is 0 Å². The number of nitro groups is 1. The molecule has 0 saturated carbocycles.